The molecule has 0 saturated carbocycles. The average molecular weight is 186 g/mol. The van der Waals surface area contributed by atoms with Crippen LogP contribution < -0.4 is 0 Å². The topological polar surface area (TPSA) is 63.6 Å². The number of ether oxygens (including phenoxy) is 1. The zero-order valence-electron chi connectivity index (χ0n) is 7.66. The highest BCUT2D eigenvalue weighted by Crippen LogP contribution is 1.94. The van der Waals surface area contributed by atoms with Crippen molar-refractivity contribution in [2.24, 2.45) is 0 Å². The molecule has 0 aliphatic heterocycles. The van der Waals surface area contributed by atoms with E-state index in [1.54, 1.807) is 0 Å². The summed E-state index contributed by atoms with van der Waals surface area (Å²) in [5.74, 6) is -1.75. The van der Waals surface area contributed by atoms with Gasteiger partial charge < -0.3 is 9.84 Å². The number of rotatable bonds is 6. The van der Waals surface area contributed by atoms with Crippen molar-refractivity contribution in [3.63, 3.8) is 0 Å². The largest absolute Gasteiger partial charge is 0.478 e. The summed E-state index contributed by atoms with van der Waals surface area (Å²) in [4.78, 5) is 20.7. The Morgan fingerprint density at radius 3 is 2.54 bits per heavy atom. The molecule has 0 aliphatic carbocycles. The Morgan fingerprint density at radius 2 is 2.00 bits per heavy atom. The number of carbonyl (C=O) groups excluding carboxylic acids is 1. The van der Waals surface area contributed by atoms with E-state index in [-0.39, 0.29) is 0 Å². The Morgan fingerprint density at radius 1 is 1.31 bits per heavy atom. The quantitative estimate of drug-likeness (QED) is 0.386. The highest BCUT2D eigenvalue weighted by molar-refractivity contribution is 5.90. The van der Waals surface area contributed by atoms with Gasteiger partial charge in [0.05, 0.1) is 6.61 Å². The molecule has 1 N–H and O–H groups in total. The summed E-state index contributed by atoms with van der Waals surface area (Å²) in [6.45, 7) is 2.41. The first-order valence-electron chi connectivity index (χ1n) is 4.24. The van der Waals surface area contributed by atoms with Crippen molar-refractivity contribution in [2.45, 2.75) is 26.2 Å². The second-order valence-corrected chi connectivity index (χ2v) is 2.55. The van der Waals surface area contributed by atoms with Gasteiger partial charge in [0.25, 0.3) is 0 Å². The lowest BCUT2D eigenvalue weighted by Crippen LogP contribution is -2.03. The molecular weight excluding hydrogens is 172 g/mol. The summed E-state index contributed by atoms with van der Waals surface area (Å²) in [6, 6.07) is 0. The molecule has 0 heterocycles. The molecule has 4 nitrogen and oxygen atoms in total. The fourth-order valence-corrected chi connectivity index (χ4v) is 0.712. The Kier molecular flexibility index (Phi) is 6.59. The van der Waals surface area contributed by atoms with Crippen LogP contribution in [0.15, 0.2) is 12.2 Å². The highest BCUT2D eigenvalue weighted by atomic mass is 16.5. The number of carboxylic acid groups (broad SMARTS) is 1. The average Bonchev–Trinajstić information content (AvgIpc) is 2.09. The standard InChI is InChI=1S/C9H14O4/c1-2-3-4-7-13-9(12)6-5-8(10)11/h5-6H,2-4,7H2,1H3,(H,10,11)/b6-5-. The highest BCUT2D eigenvalue weighted by Gasteiger charge is 1.97. The van der Waals surface area contributed by atoms with Crippen molar-refractivity contribution in [1.82, 2.24) is 0 Å². The molecule has 0 radical (unpaired) electrons. The van der Waals surface area contributed by atoms with Gasteiger partial charge >= 0.3 is 11.9 Å². The van der Waals surface area contributed by atoms with Gasteiger partial charge in [-0.05, 0) is 6.42 Å². The maximum absolute atomic E-state index is 10.7. The minimum atomic E-state index is -1.15. The van der Waals surface area contributed by atoms with E-state index in [1.807, 2.05) is 6.92 Å². The molecule has 0 aromatic rings. The normalized spacial score (nSPS) is 10.2. The number of hydrogen-bond acceptors (Lipinski definition) is 3. The van der Waals surface area contributed by atoms with Crippen LogP contribution in [0.1, 0.15) is 26.2 Å². The summed E-state index contributed by atoms with van der Waals surface area (Å²) < 4.78 is 4.71. The van der Waals surface area contributed by atoms with Gasteiger partial charge in [0, 0.05) is 12.2 Å². The van der Waals surface area contributed by atoms with Crippen molar-refractivity contribution in [3.05, 3.63) is 12.2 Å². The van der Waals surface area contributed by atoms with E-state index in [2.05, 4.69) is 0 Å². The molecule has 0 fully saturated rings. The zero-order chi connectivity index (χ0) is 10.1. The lowest BCUT2D eigenvalue weighted by Gasteiger charge is -1.99. The molecule has 0 amide bonds. The molecule has 4 heteroatoms. The van der Waals surface area contributed by atoms with E-state index < -0.39 is 11.9 Å². The first-order valence-corrected chi connectivity index (χ1v) is 4.24. The third-order valence-electron chi connectivity index (χ3n) is 1.35. The van der Waals surface area contributed by atoms with Crippen LogP contribution in [0.4, 0.5) is 0 Å². The second kappa shape index (κ2) is 7.34. The van der Waals surface area contributed by atoms with Crippen LogP contribution in [0.2, 0.25) is 0 Å². The van der Waals surface area contributed by atoms with Crippen molar-refractivity contribution in [2.75, 3.05) is 6.61 Å². The smallest absolute Gasteiger partial charge is 0.331 e. The van der Waals surface area contributed by atoms with Crippen molar-refractivity contribution < 1.29 is 19.4 Å². The molecular formula is C9H14O4. The van der Waals surface area contributed by atoms with E-state index in [0.717, 1.165) is 31.4 Å². The Balaban J connectivity index is 3.46. The van der Waals surface area contributed by atoms with Gasteiger partial charge in [-0.3, -0.25) is 0 Å². The van der Waals surface area contributed by atoms with Crippen molar-refractivity contribution in [3.8, 4) is 0 Å². The number of unbranched alkanes of at least 4 members (excludes halogenated alkanes) is 2. The Labute approximate surface area is 77.2 Å². The number of carboxylic acids is 1. The fourth-order valence-electron chi connectivity index (χ4n) is 0.712. The van der Waals surface area contributed by atoms with Crippen LogP contribution in [0.25, 0.3) is 0 Å². The summed E-state index contributed by atoms with van der Waals surface area (Å²) in [6.07, 6.45) is 4.57. The third-order valence-corrected chi connectivity index (χ3v) is 1.35. The predicted octanol–water partition coefficient (Wildman–Crippen LogP) is 1.36. The third kappa shape index (κ3) is 8.59. The van der Waals surface area contributed by atoms with Crippen LogP contribution in [0, 0.1) is 0 Å². The summed E-state index contributed by atoms with van der Waals surface area (Å²) in [5, 5.41) is 8.18. The first kappa shape index (κ1) is 11.7. The Hall–Kier alpha value is -1.32. The van der Waals surface area contributed by atoms with Gasteiger partial charge in [0.15, 0.2) is 0 Å². The van der Waals surface area contributed by atoms with Crippen LogP contribution in [0.5, 0.6) is 0 Å². The second-order valence-electron chi connectivity index (χ2n) is 2.55. The SMILES string of the molecule is CCCCCOC(=O)/C=C\C(=O)O. The minimum Gasteiger partial charge on any atom is -0.478 e. The van der Waals surface area contributed by atoms with E-state index >= 15 is 0 Å². The van der Waals surface area contributed by atoms with Gasteiger partial charge in [-0.25, -0.2) is 9.59 Å². The molecule has 0 unspecified atom stereocenters. The number of esters is 1. The molecule has 0 aliphatic rings. The Bertz CT molecular complexity index is 196. The molecule has 0 rings (SSSR count). The van der Waals surface area contributed by atoms with Crippen LogP contribution in [-0.2, 0) is 14.3 Å². The van der Waals surface area contributed by atoms with E-state index in [4.69, 9.17) is 9.84 Å². The van der Waals surface area contributed by atoms with Crippen LogP contribution >= 0.6 is 0 Å². The van der Waals surface area contributed by atoms with Gasteiger partial charge in [-0.15, -0.1) is 0 Å². The van der Waals surface area contributed by atoms with Crippen molar-refractivity contribution >= 4 is 11.9 Å². The van der Waals surface area contributed by atoms with E-state index in [0.29, 0.717) is 6.61 Å². The predicted molar refractivity (Wildman–Crippen MR) is 47.3 cm³/mol. The van der Waals surface area contributed by atoms with Crippen LogP contribution in [-0.4, -0.2) is 23.7 Å². The molecule has 0 atom stereocenters. The van der Waals surface area contributed by atoms with Gasteiger partial charge in [0.1, 0.15) is 0 Å². The summed E-state index contributed by atoms with van der Waals surface area (Å²) in [7, 11) is 0. The molecule has 0 saturated heterocycles. The van der Waals surface area contributed by atoms with Gasteiger partial charge in [-0.2, -0.15) is 0 Å². The molecule has 13 heavy (non-hydrogen) atoms. The van der Waals surface area contributed by atoms with Crippen molar-refractivity contribution in [1.29, 1.82) is 0 Å². The molecule has 0 aromatic heterocycles. The number of aliphatic carboxylic acids is 1. The lowest BCUT2D eigenvalue weighted by molar-refractivity contribution is -0.138. The fraction of sp³-hybridized carbons (Fsp3) is 0.556. The van der Waals surface area contributed by atoms with Gasteiger partial charge in [0.2, 0.25) is 0 Å². The van der Waals surface area contributed by atoms with E-state index in [9.17, 15) is 9.59 Å². The number of carbonyl (C=O) groups is 2. The first-order chi connectivity index (χ1) is 6.16. The molecule has 0 bridgehead atoms. The van der Waals surface area contributed by atoms with Crippen LogP contribution in [0.3, 0.4) is 0 Å². The molecule has 0 spiro atoms. The zero-order valence-corrected chi connectivity index (χ0v) is 7.66. The van der Waals surface area contributed by atoms with E-state index in [1.165, 1.54) is 0 Å². The molecule has 0 aromatic carbocycles. The minimum absolute atomic E-state index is 0.358. The summed E-state index contributed by atoms with van der Waals surface area (Å²) in [5.41, 5.74) is 0. The summed E-state index contributed by atoms with van der Waals surface area (Å²) >= 11 is 0. The maximum atomic E-state index is 10.7. The number of hydrogen-bond donors (Lipinski definition) is 1. The monoisotopic (exact) mass is 186 g/mol. The maximum Gasteiger partial charge on any atom is 0.331 e. The van der Waals surface area contributed by atoms with Gasteiger partial charge in [-0.1, -0.05) is 19.8 Å². The lowest BCUT2D eigenvalue weighted by atomic mass is 10.3. The molecule has 74 valence electrons.